The standard InChI is InChI=1S/C14H15NO3S2/c1-2-11(18-14(17)12-6-4-8-20-12)13(16)15-9-10-5-3-7-19-10/h3-8,11H,2,9H2,1H3,(H,15,16)/t11-/m0/s1. The van der Waals surface area contributed by atoms with Crippen LogP contribution in [0.3, 0.4) is 0 Å². The Hall–Kier alpha value is -1.66. The summed E-state index contributed by atoms with van der Waals surface area (Å²) in [6.45, 7) is 2.28. The molecule has 1 amide bonds. The lowest BCUT2D eigenvalue weighted by Crippen LogP contribution is -2.36. The van der Waals surface area contributed by atoms with Gasteiger partial charge in [-0.3, -0.25) is 4.79 Å². The molecule has 0 saturated carbocycles. The molecule has 0 unspecified atom stereocenters. The molecule has 2 aromatic heterocycles. The number of carbonyl (C=O) groups is 2. The molecule has 0 aromatic carbocycles. The van der Waals surface area contributed by atoms with Gasteiger partial charge in [-0.2, -0.15) is 0 Å². The molecule has 0 aliphatic rings. The highest BCUT2D eigenvalue weighted by molar-refractivity contribution is 7.12. The molecule has 0 spiro atoms. The van der Waals surface area contributed by atoms with Gasteiger partial charge in [-0.05, 0) is 29.3 Å². The first kappa shape index (κ1) is 14.7. The molecule has 6 heteroatoms. The molecule has 20 heavy (non-hydrogen) atoms. The quantitative estimate of drug-likeness (QED) is 0.834. The second-order valence-corrected chi connectivity index (χ2v) is 6.06. The van der Waals surface area contributed by atoms with Crippen molar-refractivity contribution < 1.29 is 14.3 Å². The number of carbonyl (C=O) groups excluding carboxylic acids is 2. The third kappa shape index (κ3) is 3.91. The fraction of sp³-hybridized carbons (Fsp3) is 0.286. The van der Waals surface area contributed by atoms with Crippen molar-refractivity contribution in [1.82, 2.24) is 5.32 Å². The molecule has 0 aliphatic heterocycles. The SMILES string of the molecule is CC[C@H](OC(=O)c1cccs1)C(=O)NCc1cccs1. The van der Waals surface area contributed by atoms with Crippen molar-refractivity contribution in [3.63, 3.8) is 0 Å². The van der Waals surface area contributed by atoms with E-state index in [0.717, 1.165) is 4.88 Å². The Labute approximate surface area is 125 Å². The highest BCUT2D eigenvalue weighted by Gasteiger charge is 2.22. The monoisotopic (exact) mass is 309 g/mol. The van der Waals surface area contributed by atoms with Crippen molar-refractivity contribution in [2.45, 2.75) is 26.0 Å². The molecule has 0 aliphatic carbocycles. The summed E-state index contributed by atoms with van der Waals surface area (Å²) in [5.41, 5.74) is 0. The van der Waals surface area contributed by atoms with Crippen LogP contribution in [-0.2, 0) is 16.1 Å². The zero-order valence-electron chi connectivity index (χ0n) is 11.0. The fourth-order valence-electron chi connectivity index (χ4n) is 1.61. The summed E-state index contributed by atoms with van der Waals surface area (Å²) >= 11 is 2.88. The van der Waals surface area contributed by atoms with Gasteiger partial charge in [-0.25, -0.2) is 4.79 Å². The molecule has 106 valence electrons. The Morgan fingerprint density at radius 2 is 2.00 bits per heavy atom. The largest absolute Gasteiger partial charge is 0.448 e. The lowest BCUT2D eigenvalue weighted by atomic mass is 10.2. The van der Waals surface area contributed by atoms with Crippen LogP contribution in [0.15, 0.2) is 35.0 Å². The lowest BCUT2D eigenvalue weighted by molar-refractivity contribution is -0.130. The van der Waals surface area contributed by atoms with Crippen molar-refractivity contribution in [2.75, 3.05) is 0 Å². The van der Waals surface area contributed by atoms with E-state index in [-0.39, 0.29) is 5.91 Å². The Kier molecular flexibility index (Phi) is 5.31. The first-order valence-corrected chi connectivity index (χ1v) is 8.01. The highest BCUT2D eigenvalue weighted by atomic mass is 32.1. The van der Waals surface area contributed by atoms with Gasteiger partial charge in [0.15, 0.2) is 6.10 Å². The zero-order chi connectivity index (χ0) is 14.4. The van der Waals surface area contributed by atoms with Crippen LogP contribution in [0.4, 0.5) is 0 Å². The van der Waals surface area contributed by atoms with E-state index in [1.165, 1.54) is 11.3 Å². The van der Waals surface area contributed by atoms with Crippen molar-refractivity contribution >= 4 is 34.6 Å². The molecule has 0 fully saturated rings. The van der Waals surface area contributed by atoms with E-state index in [4.69, 9.17) is 4.74 Å². The van der Waals surface area contributed by atoms with Gasteiger partial charge < -0.3 is 10.1 Å². The van der Waals surface area contributed by atoms with Crippen molar-refractivity contribution in [3.8, 4) is 0 Å². The van der Waals surface area contributed by atoms with Gasteiger partial charge >= 0.3 is 5.97 Å². The van der Waals surface area contributed by atoms with Gasteiger partial charge in [0.25, 0.3) is 5.91 Å². The Morgan fingerprint density at radius 1 is 1.25 bits per heavy atom. The van der Waals surface area contributed by atoms with Crippen LogP contribution in [0.2, 0.25) is 0 Å². The van der Waals surface area contributed by atoms with Crippen LogP contribution in [0.5, 0.6) is 0 Å². The van der Waals surface area contributed by atoms with Crippen LogP contribution in [0.1, 0.15) is 27.9 Å². The topological polar surface area (TPSA) is 55.4 Å². The number of nitrogens with one attached hydrogen (secondary N) is 1. The van der Waals surface area contributed by atoms with E-state index in [9.17, 15) is 9.59 Å². The lowest BCUT2D eigenvalue weighted by Gasteiger charge is -2.15. The van der Waals surface area contributed by atoms with E-state index in [2.05, 4.69) is 5.32 Å². The van der Waals surface area contributed by atoms with Gasteiger partial charge in [0.1, 0.15) is 4.88 Å². The Balaban J connectivity index is 1.87. The second-order valence-electron chi connectivity index (χ2n) is 4.08. The van der Waals surface area contributed by atoms with E-state index in [1.807, 2.05) is 24.4 Å². The maximum Gasteiger partial charge on any atom is 0.349 e. The van der Waals surface area contributed by atoms with Gasteiger partial charge in [-0.15, -0.1) is 22.7 Å². The molecule has 2 heterocycles. The third-order valence-electron chi connectivity index (χ3n) is 2.65. The molecule has 2 rings (SSSR count). The number of amides is 1. The molecule has 1 atom stereocenters. The van der Waals surface area contributed by atoms with E-state index < -0.39 is 12.1 Å². The van der Waals surface area contributed by atoms with Crippen LogP contribution in [0.25, 0.3) is 0 Å². The predicted molar refractivity (Wildman–Crippen MR) is 80.0 cm³/mol. The summed E-state index contributed by atoms with van der Waals surface area (Å²) in [7, 11) is 0. The van der Waals surface area contributed by atoms with Crippen LogP contribution >= 0.6 is 22.7 Å². The molecule has 0 bridgehead atoms. The number of hydrogen-bond donors (Lipinski definition) is 1. The van der Waals surface area contributed by atoms with Crippen LogP contribution in [-0.4, -0.2) is 18.0 Å². The number of hydrogen-bond acceptors (Lipinski definition) is 5. The van der Waals surface area contributed by atoms with Crippen LogP contribution < -0.4 is 5.32 Å². The van der Waals surface area contributed by atoms with E-state index in [1.54, 1.807) is 28.8 Å². The van der Waals surface area contributed by atoms with Crippen molar-refractivity contribution in [1.29, 1.82) is 0 Å². The average Bonchev–Trinajstić information content (AvgIpc) is 3.13. The number of ether oxygens (including phenoxy) is 1. The van der Waals surface area contributed by atoms with Gasteiger partial charge in [0, 0.05) is 4.88 Å². The number of thiophene rings is 2. The van der Waals surface area contributed by atoms with Gasteiger partial charge in [0.2, 0.25) is 0 Å². The first-order valence-electron chi connectivity index (χ1n) is 6.25. The first-order chi connectivity index (χ1) is 9.70. The molecule has 1 N–H and O–H groups in total. The number of esters is 1. The molecular formula is C14H15NO3S2. The summed E-state index contributed by atoms with van der Waals surface area (Å²) in [5, 5.41) is 6.54. The summed E-state index contributed by atoms with van der Waals surface area (Å²) in [6.07, 6.45) is -0.294. The fourth-order valence-corrected chi connectivity index (χ4v) is 2.86. The minimum Gasteiger partial charge on any atom is -0.448 e. The maximum absolute atomic E-state index is 12.0. The third-order valence-corrected chi connectivity index (χ3v) is 4.38. The molecule has 0 radical (unpaired) electrons. The molecule has 0 saturated heterocycles. The van der Waals surface area contributed by atoms with Gasteiger partial charge in [0.05, 0.1) is 6.54 Å². The maximum atomic E-state index is 12.0. The second kappa shape index (κ2) is 7.21. The minimum atomic E-state index is -0.746. The van der Waals surface area contributed by atoms with Crippen molar-refractivity contribution in [3.05, 3.63) is 44.8 Å². The number of rotatable bonds is 6. The van der Waals surface area contributed by atoms with Crippen molar-refractivity contribution in [2.24, 2.45) is 0 Å². The Morgan fingerprint density at radius 3 is 2.60 bits per heavy atom. The molecule has 2 aromatic rings. The van der Waals surface area contributed by atoms with E-state index in [0.29, 0.717) is 17.8 Å². The minimum absolute atomic E-state index is 0.259. The Bertz CT molecular complexity index is 549. The summed E-state index contributed by atoms with van der Waals surface area (Å²) in [4.78, 5) is 25.4. The predicted octanol–water partition coefficient (Wildman–Crippen LogP) is 3.06. The molecule has 4 nitrogen and oxygen atoms in total. The van der Waals surface area contributed by atoms with Gasteiger partial charge in [-0.1, -0.05) is 19.1 Å². The van der Waals surface area contributed by atoms with E-state index >= 15 is 0 Å². The normalized spacial score (nSPS) is 11.8. The smallest absolute Gasteiger partial charge is 0.349 e. The highest BCUT2D eigenvalue weighted by Crippen LogP contribution is 2.13. The zero-order valence-corrected chi connectivity index (χ0v) is 12.6. The summed E-state index contributed by atoms with van der Waals surface area (Å²) in [6, 6.07) is 7.34. The average molecular weight is 309 g/mol. The summed E-state index contributed by atoms with van der Waals surface area (Å²) < 4.78 is 5.24. The summed E-state index contributed by atoms with van der Waals surface area (Å²) in [5.74, 6) is -0.705. The van der Waals surface area contributed by atoms with Crippen LogP contribution in [0, 0.1) is 0 Å². The molecular weight excluding hydrogens is 294 g/mol.